The number of aromatic nitrogens is 5. The molecule has 8 rings (SSSR count). The van der Waals surface area contributed by atoms with Crippen molar-refractivity contribution >= 4 is 70.2 Å². The molecule has 2 aliphatic carbocycles. The normalized spacial score (nSPS) is 20.8. The molecule has 2 spiro atoms. The van der Waals surface area contributed by atoms with Gasteiger partial charge >= 0.3 is 6.18 Å². The zero-order valence-electron chi connectivity index (χ0n) is 33.3. The average molecular weight is 901 g/mol. The molecule has 12 N–H and O–H groups in total. The number of primary amides is 2. The molecule has 4 fully saturated rings. The van der Waals surface area contributed by atoms with Gasteiger partial charge in [-0.05, 0) is 86.5 Å². The second-order valence-electron chi connectivity index (χ2n) is 16.1. The fraction of sp³-hybridized carbons (Fsp3) is 0.475. The number of nitrogens with two attached hydrogens (primary N) is 6. The fourth-order valence-electron chi connectivity index (χ4n) is 9.09. The molecule has 1 aromatic carbocycles. The predicted molar refractivity (Wildman–Crippen MR) is 230 cm³/mol. The van der Waals surface area contributed by atoms with E-state index in [0.717, 1.165) is 76.5 Å². The number of amides is 2. The third-order valence-corrected chi connectivity index (χ3v) is 15.3. The van der Waals surface area contributed by atoms with Gasteiger partial charge in [-0.3, -0.25) is 14.6 Å². The van der Waals surface area contributed by atoms with E-state index >= 15 is 0 Å². The summed E-state index contributed by atoms with van der Waals surface area (Å²) >= 11 is 8.22. The molecule has 61 heavy (non-hydrogen) atoms. The molecule has 4 aromatic rings. The zero-order valence-corrected chi connectivity index (χ0v) is 35.7. The van der Waals surface area contributed by atoms with E-state index in [-0.39, 0.29) is 44.3 Å². The zero-order chi connectivity index (χ0) is 43.7. The molecule has 3 aromatic heterocycles. The summed E-state index contributed by atoms with van der Waals surface area (Å²) in [6.07, 6.45) is 8.85. The molecule has 4 aliphatic rings. The number of halogens is 4. The number of hydrogen-bond acceptors (Lipinski definition) is 15. The summed E-state index contributed by atoms with van der Waals surface area (Å²) in [6.45, 7) is 3.08. The lowest BCUT2D eigenvalue weighted by atomic mass is 9.74. The molecule has 0 unspecified atom stereocenters. The van der Waals surface area contributed by atoms with Crippen LogP contribution in [0.1, 0.15) is 90.7 Å². The number of nitrogen functional groups attached to an aromatic ring is 2. The minimum absolute atomic E-state index is 0.0349. The van der Waals surface area contributed by atoms with Gasteiger partial charge in [0.2, 0.25) is 5.91 Å². The summed E-state index contributed by atoms with van der Waals surface area (Å²) in [6, 6.07) is 8.23. The lowest BCUT2D eigenvalue weighted by molar-refractivity contribution is -0.143. The lowest BCUT2D eigenvalue weighted by Gasteiger charge is -2.42. The first-order chi connectivity index (χ1) is 29.0. The summed E-state index contributed by atoms with van der Waals surface area (Å²) in [5, 5.41) is 0.806. The molecular weight excluding hydrogens is 851 g/mol. The Labute approximate surface area is 364 Å². The van der Waals surface area contributed by atoms with Gasteiger partial charge in [0, 0.05) is 54.3 Å². The third-order valence-electron chi connectivity index (χ3n) is 12.6. The molecule has 2 amide bonds. The van der Waals surface area contributed by atoms with E-state index in [9.17, 15) is 22.8 Å². The Hall–Kier alpha value is -4.63. The summed E-state index contributed by atoms with van der Waals surface area (Å²) in [4.78, 5) is 49.3. The van der Waals surface area contributed by atoms with Crippen LogP contribution in [0.2, 0.25) is 5.02 Å². The van der Waals surface area contributed by atoms with E-state index in [1.165, 1.54) is 36.7 Å². The first-order valence-corrected chi connectivity index (χ1v) is 22.1. The number of benzene rings is 1. The molecule has 0 radical (unpaired) electrons. The molecule has 15 nitrogen and oxygen atoms in total. The third kappa shape index (κ3) is 9.42. The van der Waals surface area contributed by atoms with Crippen LogP contribution in [-0.2, 0) is 6.18 Å². The second-order valence-corrected chi connectivity index (χ2v) is 18.5. The number of carbonyl (C=O) groups excluding carboxylic acids is 2. The summed E-state index contributed by atoms with van der Waals surface area (Å²) in [7, 11) is 0. The monoisotopic (exact) mass is 899 g/mol. The molecule has 326 valence electrons. The highest BCUT2D eigenvalue weighted by Crippen LogP contribution is 2.48. The van der Waals surface area contributed by atoms with Crippen molar-refractivity contribution in [3.63, 3.8) is 0 Å². The Bertz CT molecular complexity index is 2270. The quantitative estimate of drug-likeness (QED) is 0.121. The smallest absolute Gasteiger partial charge is 0.381 e. The predicted octanol–water partition coefficient (Wildman–Crippen LogP) is 5.88. The molecular formula is C40H49ClF3N13O2S2. The van der Waals surface area contributed by atoms with Crippen LogP contribution in [0.4, 0.5) is 36.4 Å². The summed E-state index contributed by atoms with van der Waals surface area (Å²) < 4.78 is 39.9. The van der Waals surface area contributed by atoms with E-state index in [1.54, 1.807) is 24.4 Å². The maximum Gasteiger partial charge on any atom is 0.434 e. The Balaban J connectivity index is 0.000000185. The first kappa shape index (κ1) is 44.4. The Morgan fingerprint density at radius 2 is 1.31 bits per heavy atom. The molecule has 0 bridgehead atoms. The van der Waals surface area contributed by atoms with E-state index in [4.69, 9.17) is 46.0 Å². The van der Waals surface area contributed by atoms with Gasteiger partial charge in [-0.2, -0.15) is 13.2 Å². The van der Waals surface area contributed by atoms with E-state index in [2.05, 4.69) is 29.8 Å². The van der Waals surface area contributed by atoms with Crippen molar-refractivity contribution in [2.75, 3.05) is 47.4 Å². The molecule has 2 aliphatic heterocycles. The van der Waals surface area contributed by atoms with Crippen molar-refractivity contribution in [2.24, 2.45) is 33.8 Å². The lowest BCUT2D eigenvalue weighted by Crippen LogP contribution is -2.47. The van der Waals surface area contributed by atoms with Gasteiger partial charge < -0.3 is 44.2 Å². The van der Waals surface area contributed by atoms with Crippen LogP contribution in [0.3, 0.4) is 0 Å². The summed E-state index contributed by atoms with van der Waals surface area (Å²) in [5.74, 6) is -0.102. The van der Waals surface area contributed by atoms with Crippen molar-refractivity contribution in [1.82, 2.24) is 24.9 Å². The molecule has 2 atom stereocenters. The highest BCUT2D eigenvalue weighted by Gasteiger charge is 2.45. The Morgan fingerprint density at radius 3 is 1.85 bits per heavy atom. The van der Waals surface area contributed by atoms with Gasteiger partial charge in [0.25, 0.3) is 5.91 Å². The van der Waals surface area contributed by atoms with Crippen molar-refractivity contribution in [2.45, 2.75) is 102 Å². The van der Waals surface area contributed by atoms with Crippen molar-refractivity contribution in [3.05, 3.63) is 64.7 Å². The summed E-state index contributed by atoms with van der Waals surface area (Å²) in [5.41, 5.74) is 35.3. The minimum atomic E-state index is -4.65. The number of piperidine rings is 2. The fourth-order valence-corrected chi connectivity index (χ4v) is 11.1. The van der Waals surface area contributed by atoms with Crippen molar-refractivity contribution in [1.29, 1.82) is 0 Å². The Morgan fingerprint density at radius 1 is 0.738 bits per heavy atom. The maximum absolute atomic E-state index is 13.3. The number of nitrogens with zero attached hydrogens (tertiary/aromatic N) is 7. The van der Waals surface area contributed by atoms with Crippen molar-refractivity contribution in [3.8, 4) is 0 Å². The second kappa shape index (κ2) is 18.0. The molecule has 21 heteroatoms. The van der Waals surface area contributed by atoms with Gasteiger partial charge in [0.15, 0.2) is 28.8 Å². The van der Waals surface area contributed by atoms with E-state index < -0.39 is 23.7 Å². The number of alkyl halides is 3. The van der Waals surface area contributed by atoms with Crippen LogP contribution < -0.4 is 44.2 Å². The number of hydrogen-bond donors (Lipinski definition) is 6. The number of carbonyl (C=O) groups is 2. The highest BCUT2D eigenvalue weighted by molar-refractivity contribution is 7.99. The van der Waals surface area contributed by atoms with Crippen LogP contribution >= 0.6 is 35.1 Å². The highest BCUT2D eigenvalue weighted by atomic mass is 35.5. The van der Waals surface area contributed by atoms with Gasteiger partial charge in [0.1, 0.15) is 15.9 Å². The average Bonchev–Trinajstić information content (AvgIpc) is 3.76. The molecule has 2 saturated carbocycles. The van der Waals surface area contributed by atoms with Gasteiger partial charge in [-0.15, -0.1) is 0 Å². The van der Waals surface area contributed by atoms with Crippen LogP contribution in [0.25, 0.3) is 0 Å². The number of anilines is 4. The molecule has 5 heterocycles. The first-order valence-electron chi connectivity index (χ1n) is 20.1. The van der Waals surface area contributed by atoms with Crippen LogP contribution in [0, 0.1) is 10.8 Å². The van der Waals surface area contributed by atoms with Crippen LogP contribution in [0.5, 0.6) is 0 Å². The topological polar surface area (TPSA) is 261 Å². The van der Waals surface area contributed by atoms with E-state index in [0.29, 0.717) is 57.1 Å². The van der Waals surface area contributed by atoms with Crippen LogP contribution in [0.15, 0.2) is 62.6 Å². The molecule has 2 saturated heterocycles. The SMILES string of the molecule is NC(=O)c1cccc(Sc2ncc(N3CCC4(CCC[C@H]4N)CC3)nc2N)c1Cl.NC(=O)c1nc(Sc2cccnc2C(F)(F)F)c(N)nc1N1CCC2(CCC[C@H]2N)CC1. The van der Waals surface area contributed by atoms with Gasteiger partial charge in [-0.25, -0.2) is 19.9 Å². The van der Waals surface area contributed by atoms with E-state index in [1.807, 2.05) is 4.90 Å². The number of rotatable bonds is 8. The van der Waals surface area contributed by atoms with Gasteiger partial charge in [-0.1, -0.05) is 54.0 Å². The van der Waals surface area contributed by atoms with Gasteiger partial charge in [0.05, 0.1) is 16.8 Å². The standard InChI is InChI=1S/C20H25ClN6OS.C20H24F3N7OS/c21-16-12(18(24)28)3-1-4-13(16)29-19-17(23)26-15(11-25-19)27-9-7-20(8-10-27)6-2-5-14(20)22;21-20(22,23)14-11(3-2-8-27-14)32-18-15(25)29-17(13(28-18)16(26)31)30-9-6-19(7-10-30)5-1-4-12(19)24/h1,3-4,11,14H,2,5-10,22H2,(H2,23,26)(H2,24,28);2-3,8,12H,1,4-7,9-10,24H2,(H2,25,29)(H2,26,31)/t14-;12-/m11/s1. The largest absolute Gasteiger partial charge is 0.434 e. The van der Waals surface area contributed by atoms with Crippen LogP contribution in [-0.4, -0.2) is 75.0 Å². The maximum atomic E-state index is 13.3. The Kier molecular flexibility index (Phi) is 13.1. The number of pyridine rings is 1. The van der Waals surface area contributed by atoms with Crippen molar-refractivity contribution < 1.29 is 22.8 Å². The minimum Gasteiger partial charge on any atom is -0.381 e.